The summed E-state index contributed by atoms with van der Waals surface area (Å²) < 4.78 is 0. The highest BCUT2D eigenvalue weighted by molar-refractivity contribution is 7.98. The lowest BCUT2D eigenvalue weighted by atomic mass is 10.1. The largest absolute Gasteiger partial charge is 0.317 e. The van der Waals surface area contributed by atoms with Crippen LogP contribution in [0.25, 0.3) is 0 Å². The Morgan fingerprint density at radius 3 is 2.39 bits per heavy atom. The highest BCUT2D eigenvalue weighted by Crippen LogP contribution is 2.16. The minimum Gasteiger partial charge on any atom is -0.317 e. The molecule has 0 heterocycles. The van der Waals surface area contributed by atoms with E-state index in [0.717, 1.165) is 12.3 Å². The van der Waals surface area contributed by atoms with Crippen LogP contribution in [-0.4, -0.2) is 18.8 Å². The van der Waals surface area contributed by atoms with E-state index in [-0.39, 0.29) is 0 Å². The van der Waals surface area contributed by atoms with Crippen LogP contribution in [0.3, 0.4) is 0 Å². The summed E-state index contributed by atoms with van der Waals surface area (Å²) >= 11 is 2.06. The van der Waals surface area contributed by atoms with Crippen molar-refractivity contribution in [2.45, 2.75) is 45.8 Å². The van der Waals surface area contributed by atoms with Crippen LogP contribution in [0.2, 0.25) is 0 Å². The fraction of sp³-hybridized carbons (Fsp3) is 0.625. The zero-order valence-electron chi connectivity index (χ0n) is 12.1. The van der Waals surface area contributed by atoms with Gasteiger partial charge < -0.3 is 5.32 Å². The standard InChI is InChI=1S/C16H27NS/c1-4-7-17-8-5-6-9-18-13-16-11-14(2)10-15(3)12-16/h10-12,17H,4-9,13H2,1-3H3. The molecule has 1 nitrogen and oxygen atoms in total. The minimum atomic E-state index is 1.16. The molecule has 0 aliphatic rings. The van der Waals surface area contributed by atoms with Crippen LogP contribution in [-0.2, 0) is 5.75 Å². The summed E-state index contributed by atoms with van der Waals surface area (Å²) in [5.41, 5.74) is 4.24. The van der Waals surface area contributed by atoms with E-state index in [1.807, 2.05) is 0 Å². The van der Waals surface area contributed by atoms with Crippen LogP contribution in [0.5, 0.6) is 0 Å². The smallest absolute Gasteiger partial charge is 0.0184 e. The summed E-state index contributed by atoms with van der Waals surface area (Å²) in [4.78, 5) is 0. The van der Waals surface area contributed by atoms with Crippen molar-refractivity contribution >= 4 is 11.8 Å². The van der Waals surface area contributed by atoms with Gasteiger partial charge in [0.05, 0.1) is 0 Å². The van der Waals surface area contributed by atoms with Crippen LogP contribution in [0.4, 0.5) is 0 Å². The summed E-state index contributed by atoms with van der Waals surface area (Å²) in [6.07, 6.45) is 3.87. The van der Waals surface area contributed by atoms with Crippen LogP contribution in [0.1, 0.15) is 42.9 Å². The number of benzene rings is 1. The van der Waals surface area contributed by atoms with Gasteiger partial charge in [-0.15, -0.1) is 0 Å². The second kappa shape index (κ2) is 9.46. The fourth-order valence-electron chi connectivity index (χ4n) is 2.10. The maximum absolute atomic E-state index is 3.45. The van der Waals surface area contributed by atoms with Gasteiger partial charge in [-0.05, 0) is 57.5 Å². The molecule has 0 unspecified atom stereocenters. The summed E-state index contributed by atoms with van der Waals surface area (Å²) in [6, 6.07) is 6.86. The molecule has 1 aromatic carbocycles. The average molecular weight is 265 g/mol. The SMILES string of the molecule is CCCNCCCCSCc1cc(C)cc(C)c1. The molecule has 0 aliphatic carbocycles. The lowest BCUT2D eigenvalue weighted by molar-refractivity contribution is 0.635. The number of aryl methyl sites for hydroxylation is 2. The van der Waals surface area contributed by atoms with E-state index in [0.29, 0.717) is 0 Å². The zero-order valence-corrected chi connectivity index (χ0v) is 12.9. The lowest BCUT2D eigenvalue weighted by Crippen LogP contribution is -2.15. The molecule has 0 saturated heterocycles. The van der Waals surface area contributed by atoms with Crippen molar-refractivity contribution in [3.63, 3.8) is 0 Å². The van der Waals surface area contributed by atoms with E-state index in [1.165, 1.54) is 48.3 Å². The van der Waals surface area contributed by atoms with Crippen molar-refractivity contribution in [1.82, 2.24) is 5.32 Å². The van der Waals surface area contributed by atoms with Gasteiger partial charge in [-0.25, -0.2) is 0 Å². The first-order chi connectivity index (χ1) is 8.72. The number of unbranched alkanes of at least 4 members (excludes halogenated alkanes) is 1. The molecule has 0 fully saturated rings. The van der Waals surface area contributed by atoms with Gasteiger partial charge in [0.25, 0.3) is 0 Å². The summed E-state index contributed by atoms with van der Waals surface area (Å²) in [5, 5.41) is 3.45. The zero-order chi connectivity index (χ0) is 13.2. The molecule has 0 aromatic heterocycles. The van der Waals surface area contributed by atoms with E-state index in [4.69, 9.17) is 0 Å². The van der Waals surface area contributed by atoms with Crippen molar-refractivity contribution < 1.29 is 0 Å². The Morgan fingerprint density at radius 2 is 1.72 bits per heavy atom. The molecule has 0 aliphatic heterocycles. The van der Waals surface area contributed by atoms with Crippen molar-refractivity contribution in [1.29, 1.82) is 0 Å². The Balaban J connectivity index is 2.07. The van der Waals surface area contributed by atoms with Crippen molar-refractivity contribution in [2.75, 3.05) is 18.8 Å². The average Bonchev–Trinajstić information content (AvgIpc) is 2.31. The van der Waals surface area contributed by atoms with Gasteiger partial charge in [0.2, 0.25) is 0 Å². The maximum atomic E-state index is 3.45. The van der Waals surface area contributed by atoms with Gasteiger partial charge in [-0.3, -0.25) is 0 Å². The molecule has 0 saturated carbocycles. The molecule has 0 bridgehead atoms. The molecule has 0 spiro atoms. The van der Waals surface area contributed by atoms with E-state index in [2.05, 4.69) is 56.0 Å². The summed E-state index contributed by atoms with van der Waals surface area (Å²) in [5.74, 6) is 2.44. The predicted octanol–water partition coefficient (Wildman–Crippen LogP) is 4.32. The monoisotopic (exact) mass is 265 g/mol. The molecule has 2 heteroatoms. The van der Waals surface area contributed by atoms with Crippen LogP contribution in [0.15, 0.2) is 18.2 Å². The van der Waals surface area contributed by atoms with Crippen LogP contribution < -0.4 is 5.32 Å². The number of hydrogen-bond donors (Lipinski definition) is 1. The Labute approximate surface area is 117 Å². The molecule has 1 aromatic rings. The first kappa shape index (κ1) is 15.6. The van der Waals surface area contributed by atoms with Crippen LogP contribution >= 0.6 is 11.8 Å². The molecule has 102 valence electrons. The molecule has 0 radical (unpaired) electrons. The molecule has 1 N–H and O–H groups in total. The Kier molecular flexibility index (Phi) is 8.19. The maximum Gasteiger partial charge on any atom is 0.0184 e. The van der Waals surface area contributed by atoms with E-state index in [9.17, 15) is 0 Å². The molecule has 18 heavy (non-hydrogen) atoms. The Hall–Kier alpha value is -0.470. The Bertz CT molecular complexity index is 316. The van der Waals surface area contributed by atoms with Crippen LogP contribution in [0, 0.1) is 13.8 Å². The second-order valence-electron chi connectivity index (χ2n) is 5.01. The third-order valence-corrected chi connectivity index (χ3v) is 3.98. The number of rotatable bonds is 9. The van der Waals surface area contributed by atoms with Gasteiger partial charge in [0.15, 0.2) is 0 Å². The third kappa shape index (κ3) is 7.07. The number of nitrogens with one attached hydrogen (secondary N) is 1. The quantitative estimate of drug-likeness (QED) is 0.668. The van der Waals surface area contributed by atoms with Crippen molar-refractivity contribution in [3.05, 3.63) is 34.9 Å². The highest BCUT2D eigenvalue weighted by atomic mass is 32.2. The normalized spacial score (nSPS) is 10.8. The number of hydrogen-bond acceptors (Lipinski definition) is 2. The number of thioether (sulfide) groups is 1. The third-order valence-electron chi connectivity index (χ3n) is 2.87. The lowest BCUT2D eigenvalue weighted by Gasteiger charge is -2.06. The van der Waals surface area contributed by atoms with Crippen molar-refractivity contribution in [3.8, 4) is 0 Å². The molecular formula is C16H27NS. The fourth-order valence-corrected chi connectivity index (χ4v) is 3.05. The van der Waals surface area contributed by atoms with Gasteiger partial charge in [0.1, 0.15) is 0 Å². The molecule has 0 amide bonds. The summed E-state index contributed by atoms with van der Waals surface area (Å²) in [7, 11) is 0. The second-order valence-corrected chi connectivity index (χ2v) is 6.11. The van der Waals surface area contributed by atoms with Gasteiger partial charge in [-0.2, -0.15) is 11.8 Å². The molecule has 1 rings (SSSR count). The Morgan fingerprint density at radius 1 is 1.00 bits per heavy atom. The predicted molar refractivity (Wildman–Crippen MR) is 84.5 cm³/mol. The van der Waals surface area contributed by atoms with E-state index < -0.39 is 0 Å². The first-order valence-electron chi connectivity index (χ1n) is 7.08. The van der Waals surface area contributed by atoms with Gasteiger partial charge in [-0.1, -0.05) is 36.2 Å². The first-order valence-corrected chi connectivity index (χ1v) is 8.23. The van der Waals surface area contributed by atoms with Gasteiger partial charge >= 0.3 is 0 Å². The minimum absolute atomic E-state index is 1.16. The molecule has 0 atom stereocenters. The highest BCUT2D eigenvalue weighted by Gasteiger charge is 1.97. The topological polar surface area (TPSA) is 12.0 Å². The van der Waals surface area contributed by atoms with E-state index >= 15 is 0 Å². The summed E-state index contributed by atoms with van der Waals surface area (Å²) in [6.45, 7) is 8.92. The van der Waals surface area contributed by atoms with E-state index in [1.54, 1.807) is 0 Å². The van der Waals surface area contributed by atoms with Gasteiger partial charge in [0, 0.05) is 5.75 Å². The molecular weight excluding hydrogens is 238 g/mol. The van der Waals surface area contributed by atoms with Crippen molar-refractivity contribution in [2.24, 2.45) is 0 Å².